The molecule has 0 saturated carbocycles. The third kappa shape index (κ3) is 3.48. The van der Waals surface area contributed by atoms with Crippen molar-refractivity contribution in [2.24, 2.45) is 0 Å². The molecule has 0 unspecified atom stereocenters. The molecule has 0 spiro atoms. The van der Waals surface area contributed by atoms with E-state index in [4.69, 9.17) is 0 Å². The van der Waals surface area contributed by atoms with Crippen LogP contribution in [0.25, 0.3) is 22.9 Å². The Hall–Kier alpha value is -1.85. The third-order valence-corrected chi connectivity index (χ3v) is 4.79. The van der Waals surface area contributed by atoms with Crippen molar-refractivity contribution < 1.29 is 0 Å². The van der Waals surface area contributed by atoms with Crippen LogP contribution < -0.4 is 0 Å². The molecule has 0 bridgehead atoms. The Morgan fingerprint density at radius 3 is 2.55 bits per heavy atom. The minimum absolute atomic E-state index is 0.0926. The van der Waals surface area contributed by atoms with E-state index in [-0.39, 0.29) is 5.41 Å². The minimum Gasteiger partial charge on any atom is -0.254 e. The van der Waals surface area contributed by atoms with Crippen LogP contribution in [0.5, 0.6) is 0 Å². The van der Waals surface area contributed by atoms with Gasteiger partial charge in [0.15, 0.2) is 0 Å². The van der Waals surface area contributed by atoms with Crippen molar-refractivity contribution in [1.29, 1.82) is 0 Å². The number of hydrogen-bond donors (Lipinski definition) is 0. The van der Waals surface area contributed by atoms with Crippen LogP contribution in [-0.2, 0) is 5.41 Å². The fourth-order valence-electron chi connectivity index (χ4n) is 1.83. The van der Waals surface area contributed by atoms with E-state index in [1.54, 1.807) is 28.9 Å². The molecule has 0 amide bonds. The standard InChI is InChI=1S/C17H17N3S2/c1-17(2,3)14-11-21-15(20-14)8-7-12-10-22-16(19-12)13-6-4-5-9-18-13/h4-11H,1-3H3/b8-7+. The molecule has 0 aliphatic heterocycles. The van der Waals surface area contributed by atoms with E-state index in [0.717, 1.165) is 27.1 Å². The molecule has 3 aromatic rings. The number of thiazole rings is 2. The van der Waals surface area contributed by atoms with Crippen molar-refractivity contribution in [2.45, 2.75) is 26.2 Å². The molecule has 3 rings (SSSR count). The fraction of sp³-hybridized carbons (Fsp3) is 0.235. The maximum Gasteiger partial charge on any atom is 0.142 e. The first-order valence-electron chi connectivity index (χ1n) is 7.03. The van der Waals surface area contributed by atoms with Gasteiger partial charge in [-0.25, -0.2) is 9.97 Å². The highest BCUT2D eigenvalue weighted by Gasteiger charge is 2.16. The molecule has 0 N–H and O–H groups in total. The third-order valence-electron chi connectivity index (χ3n) is 3.09. The molecule has 3 aromatic heterocycles. The first-order chi connectivity index (χ1) is 10.5. The fourth-order valence-corrected chi connectivity index (χ4v) is 3.53. The van der Waals surface area contributed by atoms with Gasteiger partial charge < -0.3 is 0 Å². The van der Waals surface area contributed by atoms with Gasteiger partial charge in [0.2, 0.25) is 0 Å². The van der Waals surface area contributed by atoms with Crippen molar-refractivity contribution in [3.8, 4) is 10.7 Å². The number of hydrogen-bond acceptors (Lipinski definition) is 5. The van der Waals surface area contributed by atoms with Gasteiger partial charge >= 0.3 is 0 Å². The van der Waals surface area contributed by atoms with Gasteiger partial charge in [0.25, 0.3) is 0 Å². The molecule has 0 aliphatic carbocycles. The van der Waals surface area contributed by atoms with Gasteiger partial charge in [0.05, 0.1) is 17.1 Å². The predicted octanol–water partition coefficient (Wildman–Crippen LogP) is 5.13. The lowest BCUT2D eigenvalue weighted by atomic mass is 9.93. The molecule has 0 saturated heterocycles. The van der Waals surface area contributed by atoms with E-state index >= 15 is 0 Å². The Morgan fingerprint density at radius 2 is 1.86 bits per heavy atom. The zero-order chi connectivity index (χ0) is 15.6. The first-order valence-corrected chi connectivity index (χ1v) is 8.79. The van der Waals surface area contributed by atoms with Crippen LogP contribution in [0.1, 0.15) is 37.2 Å². The van der Waals surface area contributed by atoms with Crippen molar-refractivity contribution >= 4 is 34.8 Å². The van der Waals surface area contributed by atoms with Gasteiger partial charge in [-0.3, -0.25) is 4.98 Å². The lowest BCUT2D eigenvalue weighted by Gasteiger charge is -2.13. The van der Waals surface area contributed by atoms with Crippen LogP contribution >= 0.6 is 22.7 Å². The Morgan fingerprint density at radius 1 is 1.00 bits per heavy atom. The summed E-state index contributed by atoms with van der Waals surface area (Å²) in [6.07, 6.45) is 5.82. The molecule has 0 aromatic carbocycles. The maximum atomic E-state index is 4.66. The molecule has 3 nitrogen and oxygen atoms in total. The largest absolute Gasteiger partial charge is 0.254 e. The molecule has 0 radical (unpaired) electrons. The number of nitrogens with zero attached hydrogens (tertiary/aromatic N) is 3. The quantitative estimate of drug-likeness (QED) is 0.669. The topological polar surface area (TPSA) is 38.7 Å². The summed E-state index contributed by atoms with van der Waals surface area (Å²) in [6.45, 7) is 6.53. The summed E-state index contributed by atoms with van der Waals surface area (Å²) in [5.74, 6) is 0. The van der Waals surface area contributed by atoms with Gasteiger partial charge in [-0.15, -0.1) is 22.7 Å². The highest BCUT2D eigenvalue weighted by molar-refractivity contribution is 7.13. The van der Waals surface area contributed by atoms with E-state index in [0.29, 0.717) is 0 Å². The summed E-state index contributed by atoms with van der Waals surface area (Å²) in [5.41, 5.74) is 3.08. The molecule has 0 fully saturated rings. The zero-order valence-electron chi connectivity index (χ0n) is 12.8. The summed E-state index contributed by atoms with van der Waals surface area (Å²) in [4.78, 5) is 13.6. The summed E-state index contributed by atoms with van der Waals surface area (Å²) < 4.78 is 0. The lowest BCUT2D eigenvalue weighted by Crippen LogP contribution is -2.11. The van der Waals surface area contributed by atoms with E-state index < -0.39 is 0 Å². The van der Waals surface area contributed by atoms with Gasteiger partial charge in [-0.2, -0.15) is 0 Å². The highest BCUT2D eigenvalue weighted by Crippen LogP contribution is 2.26. The molecule has 22 heavy (non-hydrogen) atoms. The Labute approximate surface area is 138 Å². The molecule has 3 heterocycles. The lowest BCUT2D eigenvalue weighted by molar-refractivity contribution is 0.573. The van der Waals surface area contributed by atoms with Gasteiger partial charge in [-0.05, 0) is 24.3 Å². The number of aromatic nitrogens is 3. The summed E-state index contributed by atoms with van der Waals surface area (Å²) in [6, 6.07) is 5.86. The monoisotopic (exact) mass is 327 g/mol. The van der Waals surface area contributed by atoms with E-state index in [9.17, 15) is 0 Å². The first kappa shape index (κ1) is 15.1. The number of rotatable bonds is 3. The van der Waals surface area contributed by atoms with Crippen LogP contribution in [0.4, 0.5) is 0 Å². The molecule has 112 valence electrons. The normalized spacial score (nSPS) is 12.1. The average Bonchev–Trinajstić information content (AvgIpc) is 3.15. The second kappa shape index (κ2) is 6.10. The predicted molar refractivity (Wildman–Crippen MR) is 95.1 cm³/mol. The van der Waals surface area contributed by atoms with Crippen LogP contribution in [0, 0.1) is 0 Å². The van der Waals surface area contributed by atoms with Gasteiger partial charge in [0, 0.05) is 22.4 Å². The second-order valence-electron chi connectivity index (χ2n) is 5.95. The molecular weight excluding hydrogens is 310 g/mol. The SMILES string of the molecule is CC(C)(C)c1csc(/C=C/c2csc(-c3ccccn3)n2)n1. The molecule has 0 aliphatic rings. The summed E-state index contributed by atoms with van der Waals surface area (Å²) in [5, 5.41) is 6.12. The Kier molecular flexibility index (Phi) is 4.18. The van der Waals surface area contributed by atoms with Crippen LogP contribution in [-0.4, -0.2) is 15.0 Å². The van der Waals surface area contributed by atoms with E-state index in [2.05, 4.69) is 41.1 Å². The van der Waals surface area contributed by atoms with Gasteiger partial charge in [0.1, 0.15) is 10.0 Å². The smallest absolute Gasteiger partial charge is 0.142 e. The summed E-state index contributed by atoms with van der Waals surface area (Å²) >= 11 is 3.27. The average molecular weight is 327 g/mol. The Bertz CT molecular complexity index is 780. The van der Waals surface area contributed by atoms with Crippen LogP contribution in [0.3, 0.4) is 0 Å². The minimum atomic E-state index is 0.0926. The van der Waals surface area contributed by atoms with Crippen molar-refractivity contribution in [2.75, 3.05) is 0 Å². The van der Waals surface area contributed by atoms with E-state index in [1.807, 2.05) is 35.7 Å². The maximum absolute atomic E-state index is 4.66. The molecule has 5 heteroatoms. The molecular formula is C17H17N3S2. The van der Waals surface area contributed by atoms with Crippen LogP contribution in [0.2, 0.25) is 0 Å². The zero-order valence-corrected chi connectivity index (χ0v) is 14.4. The van der Waals surface area contributed by atoms with Gasteiger partial charge in [-0.1, -0.05) is 26.8 Å². The van der Waals surface area contributed by atoms with Crippen molar-refractivity contribution in [1.82, 2.24) is 15.0 Å². The van der Waals surface area contributed by atoms with Crippen molar-refractivity contribution in [3.63, 3.8) is 0 Å². The summed E-state index contributed by atoms with van der Waals surface area (Å²) in [7, 11) is 0. The van der Waals surface area contributed by atoms with Crippen molar-refractivity contribution in [3.05, 3.63) is 51.6 Å². The second-order valence-corrected chi connectivity index (χ2v) is 7.69. The molecule has 0 atom stereocenters. The van der Waals surface area contributed by atoms with Crippen LogP contribution in [0.15, 0.2) is 35.2 Å². The highest BCUT2D eigenvalue weighted by atomic mass is 32.1. The number of pyridine rings is 1. The Balaban J connectivity index is 1.76. The van der Waals surface area contributed by atoms with E-state index in [1.165, 1.54) is 0 Å².